The summed E-state index contributed by atoms with van der Waals surface area (Å²) in [6.07, 6.45) is 2.93. The average molecular weight is 315 g/mol. The van der Waals surface area contributed by atoms with E-state index < -0.39 is 0 Å². The Labute approximate surface area is 130 Å². The zero-order valence-electron chi connectivity index (χ0n) is 11.6. The maximum Gasteiger partial charge on any atom is 0.254 e. The summed E-state index contributed by atoms with van der Waals surface area (Å²) in [6.45, 7) is 0.221. The molecule has 0 aliphatic carbocycles. The molecule has 0 aliphatic heterocycles. The number of nitrogens with one attached hydrogen (secondary N) is 1. The molecule has 7 heteroatoms. The third-order valence-corrected chi connectivity index (χ3v) is 3.90. The maximum absolute atomic E-state index is 12.0. The summed E-state index contributed by atoms with van der Waals surface area (Å²) in [5, 5.41) is 4.61. The topological polar surface area (TPSA) is 77.1 Å². The highest BCUT2D eigenvalue weighted by Gasteiger charge is 2.08. The minimum absolute atomic E-state index is 0.0722. The van der Waals surface area contributed by atoms with Gasteiger partial charge in [-0.2, -0.15) is 0 Å². The number of nitrogens with zero attached hydrogens (tertiary/aromatic N) is 2. The van der Waals surface area contributed by atoms with Crippen LogP contribution in [0.25, 0.3) is 10.6 Å². The Balaban J connectivity index is 1.65. The van der Waals surface area contributed by atoms with E-state index in [0.717, 1.165) is 4.88 Å². The molecule has 0 saturated carbocycles. The van der Waals surface area contributed by atoms with Crippen molar-refractivity contribution in [3.05, 3.63) is 64.4 Å². The smallest absolute Gasteiger partial charge is 0.254 e. The first kappa shape index (κ1) is 14.3. The van der Waals surface area contributed by atoms with Crippen LogP contribution in [-0.4, -0.2) is 15.5 Å². The number of aromatic nitrogens is 2. The zero-order chi connectivity index (χ0) is 15.4. The van der Waals surface area contributed by atoms with Crippen LogP contribution >= 0.6 is 11.3 Å². The van der Waals surface area contributed by atoms with Crippen LogP contribution in [0.1, 0.15) is 5.76 Å². The number of furan rings is 1. The Kier molecular flexibility index (Phi) is 4.15. The first-order valence-corrected chi connectivity index (χ1v) is 7.50. The number of carbonyl (C=O) groups excluding carboxylic acids is 1. The molecular formula is C15H13N3O3S. The molecular weight excluding hydrogens is 302 g/mol. The van der Waals surface area contributed by atoms with E-state index in [1.807, 2.05) is 17.5 Å². The molecule has 0 spiro atoms. The molecule has 3 aromatic rings. The molecule has 0 bridgehead atoms. The van der Waals surface area contributed by atoms with Gasteiger partial charge in [-0.15, -0.1) is 11.3 Å². The summed E-state index contributed by atoms with van der Waals surface area (Å²) in [7, 11) is 0. The Morgan fingerprint density at radius 1 is 1.36 bits per heavy atom. The SMILES string of the molecule is O=C(Cn1cnc(-c2cccs2)cc1=O)NCc1ccco1. The van der Waals surface area contributed by atoms with Crippen LogP contribution in [0.2, 0.25) is 0 Å². The van der Waals surface area contributed by atoms with Crippen molar-refractivity contribution in [2.45, 2.75) is 13.1 Å². The second-order valence-corrected chi connectivity index (χ2v) is 5.52. The number of thiophene rings is 1. The van der Waals surface area contributed by atoms with Crippen molar-refractivity contribution in [1.29, 1.82) is 0 Å². The molecule has 112 valence electrons. The summed E-state index contributed by atoms with van der Waals surface area (Å²) >= 11 is 1.51. The van der Waals surface area contributed by atoms with Crippen LogP contribution in [-0.2, 0) is 17.9 Å². The molecule has 1 N–H and O–H groups in total. The minimum Gasteiger partial charge on any atom is -0.467 e. The fraction of sp³-hybridized carbons (Fsp3) is 0.133. The molecule has 0 saturated heterocycles. The van der Waals surface area contributed by atoms with Crippen molar-refractivity contribution < 1.29 is 9.21 Å². The van der Waals surface area contributed by atoms with Crippen LogP contribution in [0.5, 0.6) is 0 Å². The standard InChI is InChI=1S/C15H13N3O3S/c19-14(16-8-11-3-1-5-21-11)9-18-10-17-12(7-15(18)20)13-4-2-6-22-13/h1-7,10H,8-9H2,(H,16,19). The van der Waals surface area contributed by atoms with Crippen molar-refractivity contribution in [1.82, 2.24) is 14.9 Å². The molecule has 0 fully saturated rings. The quantitative estimate of drug-likeness (QED) is 0.780. The van der Waals surface area contributed by atoms with E-state index in [9.17, 15) is 9.59 Å². The first-order valence-electron chi connectivity index (χ1n) is 6.62. The van der Waals surface area contributed by atoms with E-state index in [4.69, 9.17) is 4.42 Å². The van der Waals surface area contributed by atoms with E-state index >= 15 is 0 Å². The fourth-order valence-electron chi connectivity index (χ4n) is 1.91. The van der Waals surface area contributed by atoms with Crippen molar-refractivity contribution in [2.24, 2.45) is 0 Å². The van der Waals surface area contributed by atoms with E-state index in [2.05, 4.69) is 10.3 Å². The Hall–Kier alpha value is -2.67. The van der Waals surface area contributed by atoms with Gasteiger partial charge in [0.15, 0.2) is 0 Å². The van der Waals surface area contributed by atoms with Gasteiger partial charge in [-0.1, -0.05) is 6.07 Å². The lowest BCUT2D eigenvalue weighted by molar-refractivity contribution is -0.122. The van der Waals surface area contributed by atoms with E-state index in [1.54, 1.807) is 18.4 Å². The summed E-state index contributed by atoms with van der Waals surface area (Å²) in [5.41, 5.74) is 0.360. The van der Waals surface area contributed by atoms with Gasteiger partial charge in [0.2, 0.25) is 5.91 Å². The third kappa shape index (κ3) is 3.32. The lowest BCUT2D eigenvalue weighted by atomic mass is 10.3. The zero-order valence-corrected chi connectivity index (χ0v) is 12.4. The average Bonchev–Trinajstić information content (AvgIpc) is 3.20. The largest absolute Gasteiger partial charge is 0.467 e. The molecule has 3 rings (SSSR count). The highest BCUT2D eigenvalue weighted by atomic mass is 32.1. The van der Waals surface area contributed by atoms with Crippen LogP contribution in [0, 0.1) is 0 Å². The molecule has 0 aliphatic rings. The van der Waals surface area contributed by atoms with Gasteiger partial charge in [-0.05, 0) is 23.6 Å². The van der Waals surface area contributed by atoms with E-state index in [0.29, 0.717) is 18.0 Å². The molecule has 22 heavy (non-hydrogen) atoms. The predicted molar refractivity (Wildman–Crippen MR) is 82.4 cm³/mol. The molecule has 3 aromatic heterocycles. The monoisotopic (exact) mass is 315 g/mol. The van der Waals surface area contributed by atoms with Crippen molar-refractivity contribution in [3.63, 3.8) is 0 Å². The van der Waals surface area contributed by atoms with Gasteiger partial charge in [0, 0.05) is 6.07 Å². The number of amides is 1. The molecule has 6 nitrogen and oxygen atoms in total. The first-order chi connectivity index (χ1) is 10.7. The summed E-state index contributed by atoms with van der Waals surface area (Å²) in [6, 6.07) is 8.75. The molecule has 0 aromatic carbocycles. The van der Waals surface area contributed by atoms with Gasteiger partial charge in [-0.25, -0.2) is 4.98 Å². The van der Waals surface area contributed by atoms with Gasteiger partial charge in [0.1, 0.15) is 12.3 Å². The van der Waals surface area contributed by atoms with Gasteiger partial charge >= 0.3 is 0 Å². The van der Waals surface area contributed by atoms with Gasteiger partial charge < -0.3 is 9.73 Å². The second kappa shape index (κ2) is 6.40. The second-order valence-electron chi connectivity index (χ2n) is 4.57. The molecule has 3 heterocycles. The van der Waals surface area contributed by atoms with Gasteiger partial charge in [0.25, 0.3) is 5.56 Å². The summed E-state index contributed by atoms with van der Waals surface area (Å²) in [5.74, 6) is 0.385. The van der Waals surface area contributed by atoms with Crippen LogP contribution in [0.4, 0.5) is 0 Å². The Bertz CT molecular complexity index is 807. The summed E-state index contributed by atoms with van der Waals surface area (Å²) in [4.78, 5) is 29.0. The van der Waals surface area contributed by atoms with Crippen molar-refractivity contribution in [3.8, 4) is 10.6 Å². The molecule has 0 atom stereocenters. The van der Waals surface area contributed by atoms with Crippen molar-refractivity contribution >= 4 is 17.2 Å². The lowest BCUT2D eigenvalue weighted by Crippen LogP contribution is -2.31. The van der Waals surface area contributed by atoms with Crippen molar-refractivity contribution in [2.75, 3.05) is 0 Å². The lowest BCUT2D eigenvalue weighted by Gasteiger charge is -2.06. The number of hydrogen-bond donors (Lipinski definition) is 1. The number of hydrogen-bond acceptors (Lipinski definition) is 5. The minimum atomic E-state index is -0.274. The highest BCUT2D eigenvalue weighted by molar-refractivity contribution is 7.13. The van der Waals surface area contributed by atoms with E-state index in [1.165, 1.54) is 28.3 Å². The van der Waals surface area contributed by atoms with Gasteiger partial charge in [-0.3, -0.25) is 14.2 Å². The van der Waals surface area contributed by atoms with Gasteiger partial charge in [0.05, 0.1) is 29.7 Å². The molecule has 0 radical (unpaired) electrons. The fourth-order valence-corrected chi connectivity index (χ4v) is 2.61. The molecule has 1 amide bonds. The third-order valence-electron chi connectivity index (χ3n) is 3.01. The number of rotatable bonds is 5. The van der Waals surface area contributed by atoms with Crippen LogP contribution in [0.3, 0.4) is 0 Å². The predicted octanol–water partition coefficient (Wildman–Crippen LogP) is 1.88. The van der Waals surface area contributed by atoms with Crippen LogP contribution in [0.15, 0.2) is 57.5 Å². The number of carbonyl (C=O) groups is 1. The Morgan fingerprint density at radius 2 is 2.27 bits per heavy atom. The Morgan fingerprint density at radius 3 is 2.95 bits per heavy atom. The molecule has 0 unspecified atom stereocenters. The highest BCUT2D eigenvalue weighted by Crippen LogP contribution is 2.20. The van der Waals surface area contributed by atoms with Crippen LogP contribution < -0.4 is 10.9 Å². The normalized spacial score (nSPS) is 10.5. The maximum atomic E-state index is 12.0. The van der Waals surface area contributed by atoms with E-state index in [-0.39, 0.29) is 18.0 Å². The summed E-state index contributed by atoms with van der Waals surface area (Å²) < 4.78 is 6.39.